The summed E-state index contributed by atoms with van der Waals surface area (Å²) in [5.74, 6) is 0.791. The zero-order valence-corrected chi connectivity index (χ0v) is 10.3. The average molecular weight is 254 g/mol. The fourth-order valence-electron chi connectivity index (χ4n) is 2.29. The number of carbonyl (C=O) groups is 1. The monoisotopic (exact) mass is 254 g/mol. The third kappa shape index (κ3) is 2.54. The highest BCUT2D eigenvalue weighted by Crippen LogP contribution is 2.31. The normalized spacial score (nSPS) is 17.5. The van der Waals surface area contributed by atoms with E-state index in [0.29, 0.717) is 18.9 Å². The van der Waals surface area contributed by atoms with E-state index >= 15 is 0 Å². The van der Waals surface area contributed by atoms with Gasteiger partial charge in [0.15, 0.2) is 0 Å². The van der Waals surface area contributed by atoms with Gasteiger partial charge < -0.3 is 10.6 Å². The smallest absolute Gasteiger partial charge is 0.225 e. The lowest BCUT2D eigenvalue weighted by atomic mass is 9.90. The van der Waals surface area contributed by atoms with Gasteiger partial charge in [0, 0.05) is 37.0 Å². The number of fused-ring (bicyclic) bond motifs is 1. The van der Waals surface area contributed by atoms with Crippen LogP contribution >= 0.6 is 0 Å². The molecule has 5 heteroatoms. The van der Waals surface area contributed by atoms with Gasteiger partial charge >= 0.3 is 0 Å². The van der Waals surface area contributed by atoms with E-state index < -0.39 is 0 Å². The van der Waals surface area contributed by atoms with Crippen molar-refractivity contribution in [3.63, 3.8) is 0 Å². The van der Waals surface area contributed by atoms with Gasteiger partial charge in [-0.1, -0.05) is 18.2 Å². The molecule has 0 fully saturated rings. The highest BCUT2D eigenvalue weighted by Gasteiger charge is 2.24. The molecule has 1 unspecified atom stereocenters. The SMILES string of the molecule is O=C1CC(CNc2ncccn2)c2ccccc2N1. The highest BCUT2D eigenvalue weighted by molar-refractivity contribution is 5.94. The molecule has 2 aromatic rings. The number of nitrogens with one attached hydrogen (secondary N) is 2. The number of nitrogens with zero attached hydrogens (tertiary/aromatic N) is 2. The molecule has 1 atom stereocenters. The van der Waals surface area contributed by atoms with Crippen molar-refractivity contribution in [3.8, 4) is 0 Å². The van der Waals surface area contributed by atoms with Crippen LogP contribution in [0.3, 0.4) is 0 Å². The molecule has 0 saturated heterocycles. The number of aromatic nitrogens is 2. The molecule has 2 heterocycles. The summed E-state index contributed by atoms with van der Waals surface area (Å²) in [6.45, 7) is 0.647. The molecule has 0 radical (unpaired) electrons. The molecule has 5 nitrogen and oxygen atoms in total. The van der Waals surface area contributed by atoms with Gasteiger partial charge in [-0.2, -0.15) is 0 Å². The van der Waals surface area contributed by atoms with Crippen molar-refractivity contribution < 1.29 is 4.79 Å². The maximum atomic E-state index is 11.7. The molecule has 1 aromatic carbocycles. The maximum absolute atomic E-state index is 11.7. The van der Waals surface area contributed by atoms with Gasteiger partial charge in [-0.25, -0.2) is 9.97 Å². The summed E-state index contributed by atoms with van der Waals surface area (Å²) < 4.78 is 0. The number of hydrogen-bond donors (Lipinski definition) is 2. The van der Waals surface area contributed by atoms with Crippen LogP contribution in [0.2, 0.25) is 0 Å². The van der Waals surface area contributed by atoms with Crippen LogP contribution in [0.25, 0.3) is 0 Å². The summed E-state index contributed by atoms with van der Waals surface area (Å²) in [5, 5.41) is 6.06. The fraction of sp³-hybridized carbons (Fsp3) is 0.214. The largest absolute Gasteiger partial charge is 0.354 e. The first-order chi connectivity index (χ1) is 9.33. The van der Waals surface area contributed by atoms with Crippen LogP contribution in [-0.2, 0) is 4.79 Å². The standard InChI is InChI=1S/C14H14N4O/c19-13-8-10(9-17-14-15-6-3-7-16-14)11-4-1-2-5-12(11)18-13/h1-7,10H,8-9H2,(H,18,19)(H,15,16,17). The summed E-state index contributed by atoms with van der Waals surface area (Å²) in [7, 11) is 0. The number of para-hydroxylation sites is 1. The van der Waals surface area contributed by atoms with Crippen LogP contribution in [0.1, 0.15) is 17.9 Å². The minimum absolute atomic E-state index is 0.0551. The Morgan fingerprint density at radius 3 is 2.84 bits per heavy atom. The van der Waals surface area contributed by atoms with E-state index in [1.807, 2.05) is 24.3 Å². The van der Waals surface area contributed by atoms with Crippen molar-refractivity contribution in [1.82, 2.24) is 9.97 Å². The third-order valence-electron chi connectivity index (χ3n) is 3.18. The Bertz CT molecular complexity index is 585. The van der Waals surface area contributed by atoms with E-state index in [1.165, 1.54) is 0 Å². The molecule has 1 aromatic heterocycles. The van der Waals surface area contributed by atoms with Crippen molar-refractivity contribution in [2.75, 3.05) is 17.2 Å². The van der Waals surface area contributed by atoms with E-state index in [1.54, 1.807) is 18.5 Å². The first-order valence-corrected chi connectivity index (χ1v) is 6.22. The second kappa shape index (κ2) is 5.06. The van der Waals surface area contributed by atoms with Crippen LogP contribution in [0.15, 0.2) is 42.7 Å². The Morgan fingerprint density at radius 2 is 2.00 bits per heavy atom. The van der Waals surface area contributed by atoms with Crippen molar-refractivity contribution in [2.24, 2.45) is 0 Å². The van der Waals surface area contributed by atoms with Crippen molar-refractivity contribution >= 4 is 17.5 Å². The van der Waals surface area contributed by atoms with Gasteiger partial charge in [0.05, 0.1) is 0 Å². The van der Waals surface area contributed by atoms with Crippen molar-refractivity contribution in [2.45, 2.75) is 12.3 Å². The Morgan fingerprint density at radius 1 is 1.21 bits per heavy atom. The predicted octanol–water partition coefficient (Wildman–Crippen LogP) is 2.01. The molecule has 2 N–H and O–H groups in total. The maximum Gasteiger partial charge on any atom is 0.225 e. The molecule has 0 aliphatic carbocycles. The summed E-state index contributed by atoms with van der Waals surface area (Å²) in [5.41, 5.74) is 2.06. The second-order valence-corrected chi connectivity index (χ2v) is 4.49. The average Bonchev–Trinajstić information content (AvgIpc) is 2.45. The molecule has 1 amide bonds. The van der Waals surface area contributed by atoms with E-state index in [0.717, 1.165) is 11.3 Å². The van der Waals surface area contributed by atoms with E-state index in [9.17, 15) is 4.79 Å². The molecule has 0 saturated carbocycles. The van der Waals surface area contributed by atoms with Crippen LogP contribution < -0.4 is 10.6 Å². The summed E-state index contributed by atoms with van der Waals surface area (Å²) >= 11 is 0. The molecule has 0 bridgehead atoms. The van der Waals surface area contributed by atoms with E-state index in [2.05, 4.69) is 20.6 Å². The molecule has 19 heavy (non-hydrogen) atoms. The lowest BCUT2D eigenvalue weighted by Gasteiger charge is -2.25. The van der Waals surface area contributed by atoms with Crippen molar-refractivity contribution in [1.29, 1.82) is 0 Å². The topological polar surface area (TPSA) is 66.9 Å². The van der Waals surface area contributed by atoms with Crippen LogP contribution in [-0.4, -0.2) is 22.4 Å². The Balaban J connectivity index is 1.76. The van der Waals surface area contributed by atoms with Crippen LogP contribution in [0, 0.1) is 0 Å². The number of carbonyl (C=O) groups excluding carboxylic acids is 1. The minimum Gasteiger partial charge on any atom is -0.354 e. The van der Waals surface area contributed by atoms with Gasteiger partial charge in [0.1, 0.15) is 0 Å². The van der Waals surface area contributed by atoms with E-state index in [4.69, 9.17) is 0 Å². The highest BCUT2D eigenvalue weighted by atomic mass is 16.1. The molecule has 3 rings (SSSR count). The minimum atomic E-state index is 0.0551. The zero-order chi connectivity index (χ0) is 13.1. The second-order valence-electron chi connectivity index (χ2n) is 4.49. The molecule has 1 aliphatic heterocycles. The number of benzene rings is 1. The number of hydrogen-bond acceptors (Lipinski definition) is 4. The number of amides is 1. The molecule has 96 valence electrons. The summed E-state index contributed by atoms with van der Waals surface area (Å²) in [6.07, 6.45) is 3.87. The third-order valence-corrected chi connectivity index (χ3v) is 3.18. The number of rotatable bonds is 3. The lowest BCUT2D eigenvalue weighted by Crippen LogP contribution is -2.27. The summed E-state index contributed by atoms with van der Waals surface area (Å²) in [6, 6.07) is 9.66. The van der Waals surface area contributed by atoms with Gasteiger partial charge in [0.25, 0.3) is 0 Å². The molecular weight excluding hydrogens is 240 g/mol. The van der Waals surface area contributed by atoms with Gasteiger partial charge in [0.2, 0.25) is 11.9 Å². The van der Waals surface area contributed by atoms with Crippen molar-refractivity contribution in [3.05, 3.63) is 48.3 Å². The molecule has 0 spiro atoms. The van der Waals surface area contributed by atoms with Gasteiger partial charge in [-0.15, -0.1) is 0 Å². The Hall–Kier alpha value is -2.43. The number of anilines is 2. The Kier molecular flexibility index (Phi) is 3.10. The van der Waals surface area contributed by atoms with Crippen LogP contribution in [0.5, 0.6) is 0 Å². The first kappa shape index (κ1) is 11.6. The Labute approximate surface area is 111 Å². The van der Waals surface area contributed by atoms with E-state index in [-0.39, 0.29) is 11.8 Å². The van der Waals surface area contributed by atoms with Gasteiger partial charge in [-0.3, -0.25) is 4.79 Å². The fourth-order valence-corrected chi connectivity index (χ4v) is 2.29. The quantitative estimate of drug-likeness (QED) is 0.879. The molecular formula is C14H14N4O. The molecule has 1 aliphatic rings. The van der Waals surface area contributed by atoms with Gasteiger partial charge in [-0.05, 0) is 17.7 Å². The lowest BCUT2D eigenvalue weighted by molar-refractivity contribution is -0.116. The zero-order valence-electron chi connectivity index (χ0n) is 10.3. The first-order valence-electron chi connectivity index (χ1n) is 6.22. The van der Waals surface area contributed by atoms with Crippen LogP contribution in [0.4, 0.5) is 11.6 Å². The predicted molar refractivity (Wildman–Crippen MR) is 73.0 cm³/mol. The summed E-state index contributed by atoms with van der Waals surface area (Å²) in [4.78, 5) is 19.9.